The first-order valence-electron chi connectivity index (χ1n) is 7.18. The van der Waals surface area contributed by atoms with Gasteiger partial charge in [0.25, 0.3) is 0 Å². The highest BCUT2D eigenvalue weighted by Crippen LogP contribution is 2.29. The predicted octanol–water partition coefficient (Wildman–Crippen LogP) is 5.19. The molecule has 0 aliphatic heterocycles. The Labute approximate surface area is 151 Å². The smallest absolute Gasteiger partial charge is 0.376 e. The van der Waals surface area contributed by atoms with Gasteiger partial charge >= 0.3 is 15.6 Å². The van der Waals surface area contributed by atoms with Crippen molar-refractivity contribution in [2.75, 3.05) is 0 Å². The average Bonchev–Trinajstić information content (AvgIpc) is 2.46. The maximum atomic E-state index is 12.1. The minimum Gasteiger partial charge on any atom is -0.376 e. The van der Waals surface area contributed by atoms with Crippen LogP contribution in [0.15, 0.2) is 59.5 Å². The van der Waals surface area contributed by atoms with E-state index in [-0.39, 0.29) is 11.2 Å². The maximum Gasteiger partial charge on any atom is 0.534 e. The molecule has 0 aromatic heterocycles. The zero-order chi connectivity index (χ0) is 19.3. The molecule has 25 heavy (non-hydrogen) atoms. The van der Waals surface area contributed by atoms with Gasteiger partial charge in [-0.2, -0.15) is 21.6 Å². The highest BCUT2D eigenvalue weighted by Gasteiger charge is 2.48. The van der Waals surface area contributed by atoms with Crippen molar-refractivity contribution in [1.82, 2.24) is 0 Å². The van der Waals surface area contributed by atoms with Gasteiger partial charge in [-0.25, -0.2) is 0 Å². The Kier molecular flexibility index (Phi) is 6.96. The Bertz CT molecular complexity index is 764. The first-order chi connectivity index (χ1) is 11.3. The molecule has 0 bridgehead atoms. The third-order valence-electron chi connectivity index (χ3n) is 2.97. The Morgan fingerprint density at radius 3 is 1.68 bits per heavy atom. The SMILES string of the molecule is CC(C)(C)c1ccc(OS(=O)(=O)C(F)(F)F)cc1.Sc1ccccc1. The summed E-state index contributed by atoms with van der Waals surface area (Å²) >= 11 is 4.08. The quantitative estimate of drug-likeness (QED) is 0.435. The van der Waals surface area contributed by atoms with E-state index in [1.54, 1.807) is 0 Å². The van der Waals surface area contributed by atoms with Crippen molar-refractivity contribution in [3.05, 3.63) is 60.2 Å². The van der Waals surface area contributed by atoms with Crippen LogP contribution in [0.25, 0.3) is 0 Å². The van der Waals surface area contributed by atoms with E-state index in [9.17, 15) is 21.6 Å². The molecule has 0 radical (unpaired) electrons. The van der Waals surface area contributed by atoms with Crippen LogP contribution in [0, 0.1) is 0 Å². The minimum absolute atomic E-state index is 0.179. The molecule has 138 valence electrons. The number of hydrogen-bond donors (Lipinski definition) is 1. The van der Waals surface area contributed by atoms with Gasteiger partial charge in [-0.3, -0.25) is 0 Å². The lowest BCUT2D eigenvalue weighted by molar-refractivity contribution is -0.0500. The topological polar surface area (TPSA) is 43.4 Å². The van der Waals surface area contributed by atoms with Crippen molar-refractivity contribution in [2.24, 2.45) is 0 Å². The van der Waals surface area contributed by atoms with Crippen LogP contribution in [0.5, 0.6) is 5.75 Å². The van der Waals surface area contributed by atoms with Gasteiger partial charge in [0.05, 0.1) is 0 Å². The molecule has 0 amide bonds. The van der Waals surface area contributed by atoms with Crippen LogP contribution < -0.4 is 4.18 Å². The fraction of sp³-hybridized carbons (Fsp3) is 0.294. The highest BCUT2D eigenvalue weighted by molar-refractivity contribution is 7.88. The number of hydrogen-bond acceptors (Lipinski definition) is 4. The van der Waals surface area contributed by atoms with Gasteiger partial charge in [-0.05, 0) is 35.2 Å². The average molecular weight is 392 g/mol. The maximum absolute atomic E-state index is 12.1. The molecule has 0 aliphatic carbocycles. The van der Waals surface area contributed by atoms with Gasteiger partial charge in [0.2, 0.25) is 0 Å². The summed E-state index contributed by atoms with van der Waals surface area (Å²) < 4.78 is 61.7. The van der Waals surface area contributed by atoms with Crippen LogP contribution in [0.4, 0.5) is 13.2 Å². The summed E-state index contributed by atoms with van der Waals surface area (Å²) in [6.45, 7) is 5.78. The molecular weight excluding hydrogens is 373 g/mol. The zero-order valence-corrected chi connectivity index (χ0v) is 15.6. The highest BCUT2D eigenvalue weighted by atomic mass is 32.2. The Hall–Kier alpha value is -1.67. The van der Waals surface area contributed by atoms with E-state index in [1.165, 1.54) is 24.3 Å². The largest absolute Gasteiger partial charge is 0.534 e. The number of rotatable bonds is 2. The lowest BCUT2D eigenvalue weighted by Gasteiger charge is -2.19. The molecule has 8 heteroatoms. The third kappa shape index (κ3) is 6.99. The van der Waals surface area contributed by atoms with Crippen LogP contribution >= 0.6 is 12.6 Å². The third-order valence-corrected chi connectivity index (χ3v) is 4.24. The van der Waals surface area contributed by atoms with Crippen LogP contribution in [-0.2, 0) is 15.5 Å². The summed E-state index contributed by atoms with van der Waals surface area (Å²) in [5, 5.41) is 0. The second kappa shape index (κ2) is 8.14. The van der Waals surface area contributed by atoms with Gasteiger partial charge in [-0.15, -0.1) is 12.6 Å². The molecule has 0 N–H and O–H groups in total. The first-order valence-corrected chi connectivity index (χ1v) is 9.04. The minimum atomic E-state index is -5.60. The lowest BCUT2D eigenvalue weighted by atomic mass is 9.87. The van der Waals surface area contributed by atoms with Crippen LogP contribution in [-0.4, -0.2) is 13.9 Å². The van der Waals surface area contributed by atoms with Crippen LogP contribution in [0.3, 0.4) is 0 Å². The zero-order valence-electron chi connectivity index (χ0n) is 13.9. The molecule has 0 spiro atoms. The van der Waals surface area contributed by atoms with Gasteiger partial charge in [0, 0.05) is 4.90 Å². The van der Waals surface area contributed by atoms with Crippen molar-refractivity contribution in [3.63, 3.8) is 0 Å². The molecule has 0 unspecified atom stereocenters. The van der Waals surface area contributed by atoms with E-state index in [0.717, 1.165) is 10.5 Å². The van der Waals surface area contributed by atoms with Gasteiger partial charge in [0.1, 0.15) is 5.75 Å². The molecule has 0 aliphatic rings. The molecule has 2 aromatic rings. The van der Waals surface area contributed by atoms with Crippen molar-refractivity contribution >= 4 is 22.7 Å². The Balaban J connectivity index is 0.000000370. The number of benzene rings is 2. The van der Waals surface area contributed by atoms with Gasteiger partial charge in [0.15, 0.2) is 0 Å². The fourth-order valence-electron chi connectivity index (χ4n) is 1.61. The summed E-state index contributed by atoms with van der Waals surface area (Å²) in [5.74, 6) is -0.361. The van der Waals surface area contributed by atoms with Crippen LogP contribution in [0.2, 0.25) is 0 Å². The van der Waals surface area contributed by atoms with E-state index >= 15 is 0 Å². The number of thiol groups is 1. The van der Waals surface area contributed by atoms with Crippen molar-refractivity contribution in [2.45, 2.75) is 36.6 Å². The summed E-state index contributed by atoms with van der Waals surface area (Å²) in [5.41, 5.74) is -4.74. The van der Waals surface area contributed by atoms with Crippen molar-refractivity contribution in [1.29, 1.82) is 0 Å². The predicted molar refractivity (Wildman–Crippen MR) is 94.4 cm³/mol. The number of alkyl halides is 3. The molecule has 2 rings (SSSR count). The monoisotopic (exact) mass is 392 g/mol. The van der Waals surface area contributed by atoms with E-state index < -0.39 is 15.6 Å². The molecule has 0 saturated carbocycles. The molecule has 0 saturated heterocycles. The summed E-state index contributed by atoms with van der Waals surface area (Å²) in [6.07, 6.45) is 0. The van der Waals surface area contributed by atoms with Gasteiger partial charge < -0.3 is 4.18 Å². The second-order valence-corrected chi connectivity index (χ2v) is 8.15. The van der Waals surface area contributed by atoms with E-state index in [0.29, 0.717) is 0 Å². The van der Waals surface area contributed by atoms with Crippen molar-refractivity contribution < 1.29 is 25.8 Å². The van der Waals surface area contributed by atoms with E-state index in [4.69, 9.17) is 0 Å². The Morgan fingerprint density at radius 1 is 0.880 bits per heavy atom. The standard InChI is InChI=1S/C11H13F3O3S.C6H6S/c1-10(2,3)8-4-6-9(7-5-8)17-18(15,16)11(12,13)14;7-6-4-2-1-3-5-6/h4-7H,1-3H3;1-5,7H. The molecule has 3 nitrogen and oxygen atoms in total. The molecule has 0 heterocycles. The molecular formula is C17H19F3O3S2. The second-order valence-electron chi connectivity index (χ2n) is 6.09. The fourth-order valence-corrected chi connectivity index (χ4v) is 2.24. The molecule has 0 atom stereocenters. The van der Waals surface area contributed by atoms with E-state index in [2.05, 4.69) is 16.8 Å². The van der Waals surface area contributed by atoms with Gasteiger partial charge in [-0.1, -0.05) is 51.1 Å². The normalized spacial score (nSPS) is 12.1. The summed E-state index contributed by atoms with van der Waals surface area (Å²) in [4.78, 5) is 1.02. The Morgan fingerprint density at radius 2 is 1.36 bits per heavy atom. The summed E-state index contributed by atoms with van der Waals surface area (Å²) in [6, 6.07) is 15.2. The van der Waals surface area contributed by atoms with Crippen LogP contribution in [0.1, 0.15) is 26.3 Å². The first kappa shape index (κ1) is 21.4. The summed E-state index contributed by atoms with van der Waals surface area (Å²) in [7, 11) is -5.60. The van der Waals surface area contributed by atoms with E-state index in [1.807, 2.05) is 51.1 Å². The molecule has 2 aromatic carbocycles. The molecule has 0 fully saturated rings. The lowest BCUT2D eigenvalue weighted by Crippen LogP contribution is -2.28. The number of halogens is 3. The van der Waals surface area contributed by atoms with Crippen molar-refractivity contribution in [3.8, 4) is 5.75 Å².